The van der Waals surface area contributed by atoms with Gasteiger partial charge in [0.15, 0.2) is 0 Å². The Morgan fingerprint density at radius 3 is 2.67 bits per heavy atom. The Bertz CT molecular complexity index is 373. The van der Waals surface area contributed by atoms with Crippen LogP contribution in [0.2, 0.25) is 0 Å². The molecular formula is C15H23FN2. The molecule has 0 atom stereocenters. The number of halogens is 1. The Morgan fingerprint density at radius 2 is 2.00 bits per heavy atom. The van der Waals surface area contributed by atoms with Crippen LogP contribution in [0.5, 0.6) is 0 Å². The van der Waals surface area contributed by atoms with Crippen LogP contribution >= 0.6 is 0 Å². The number of anilines is 1. The minimum Gasteiger partial charge on any atom is -0.384 e. The van der Waals surface area contributed by atoms with Gasteiger partial charge in [-0.05, 0) is 49.1 Å². The summed E-state index contributed by atoms with van der Waals surface area (Å²) >= 11 is 0. The molecule has 2 nitrogen and oxygen atoms in total. The van der Waals surface area contributed by atoms with Crippen molar-refractivity contribution in [2.75, 3.05) is 31.5 Å². The highest BCUT2D eigenvalue weighted by Gasteiger charge is 2.25. The van der Waals surface area contributed by atoms with E-state index in [2.05, 4.69) is 24.1 Å². The van der Waals surface area contributed by atoms with Crippen molar-refractivity contribution in [3.05, 3.63) is 30.1 Å². The first-order valence-corrected chi connectivity index (χ1v) is 6.77. The maximum absolute atomic E-state index is 12.7. The predicted octanol–water partition coefficient (Wildman–Crippen LogP) is 3.36. The highest BCUT2D eigenvalue weighted by Crippen LogP contribution is 2.27. The van der Waals surface area contributed by atoms with E-state index in [1.54, 1.807) is 12.1 Å². The molecule has 1 aliphatic rings. The Hall–Kier alpha value is -1.09. The predicted molar refractivity (Wildman–Crippen MR) is 74.3 cm³/mol. The number of rotatable bonds is 4. The fourth-order valence-corrected chi connectivity index (χ4v) is 2.66. The van der Waals surface area contributed by atoms with Crippen LogP contribution in [0, 0.1) is 11.2 Å². The second-order valence-corrected chi connectivity index (χ2v) is 5.98. The lowest BCUT2D eigenvalue weighted by molar-refractivity contribution is 0.122. The van der Waals surface area contributed by atoms with Gasteiger partial charge in [0, 0.05) is 25.3 Å². The molecule has 1 aromatic rings. The van der Waals surface area contributed by atoms with Crippen LogP contribution in [0.25, 0.3) is 0 Å². The summed E-state index contributed by atoms with van der Waals surface area (Å²) in [6.45, 7) is 9.04. The first-order chi connectivity index (χ1) is 8.55. The second-order valence-electron chi connectivity index (χ2n) is 5.98. The van der Waals surface area contributed by atoms with Gasteiger partial charge < -0.3 is 10.2 Å². The standard InChI is InChI=1S/C15H23FN2/c1-15(2)8-3-10-18(12-15)11-9-17-14-6-4-13(16)5-7-14/h4-7,17H,3,8-12H2,1-2H3. The summed E-state index contributed by atoms with van der Waals surface area (Å²) in [4.78, 5) is 2.51. The lowest BCUT2D eigenvalue weighted by Gasteiger charge is -2.38. The van der Waals surface area contributed by atoms with Crippen LogP contribution in [0.4, 0.5) is 10.1 Å². The number of hydrogen-bond acceptors (Lipinski definition) is 2. The van der Waals surface area contributed by atoms with Gasteiger partial charge in [0.25, 0.3) is 0 Å². The minimum absolute atomic E-state index is 0.182. The van der Waals surface area contributed by atoms with Gasteiger partial charge >= 0.3 is 0 Å². The summed E-state index contributed by atoms with van der Waals surface area (Å²) in [5, 5.41) is 3.34. The summed E-state index contributed by atoms with van der Waals surface area (Å²) in [7, 11) is 0. The van der Waals surface area contributed by atoms with E-state index in [0.717, 1.165) is 18.8 Å². The average Bonchev–Trinajstić information content (AvgIpc) is 2.30. The molecule has 0 aromatic heterocycles. The van der Waals surface area contributed by atoms with Gasteiger partial charge in [-0.3, -0.25) is 0 Å². The highest BCUT2D eigenvalue weighted by molar-refractivity contribution is 5.42. The van der Waals surface area contributed by atoms with E-state index in [1.165, 1.54) is 38.1 Å². The maximum Gasteiger partial charge on any atom is 0.123 e. The van der Waals surface area contributed by atoms with Crippen molar-refractivity contribution >= 4 is 5.69 Å². The third-order valence-corrected chi connectivity index (χ3v) is 3.58. The minimum atomic E-state index is -0.182. The number of nitrogens with one attached hydrogen (secondary N) is 1. The summed E-state index contributed by atoms with van der Waals surface area (Å²) in [6, 6.07) is 6.56. The van der Waals surface area contributed by atoms with Crippen LogP contribution in [0.15, 0.2) is 24.3 Å². The molecule has 0 aliphatic carbocycles. The molecule has 0 bridgehead atoms. The molecule has 1 fully saturated rings. The number of hydrogen-bond donors (Lipinski definition) is 1. The molecule has 0 spiro atoms. The Balaban J connectivity index is 1.73. The third-order valence-electron chi connectivity index (χ3n) is 3.58. The van der Waals surface area contributed by atoms with Crippen molar-refractivity contribution < 1.29 is 4.39 Å². The topological polar surface area (TPSA) is 15.3 Å². The Morgan fingerprint density at radius 1 is 1.28 bits per heavy atom. The molecule has 0 saturated carbocycles. The average molecular weight is 250 g/mol. The zero-order valence-electron chi connectivity index (χ0n) is 11.4. The first-order valence-electron chi connectivity index (χ1n) is 6.77. The van der Waals surface area contributed by atoms with Gasteiger partial charge in [0.1, 0.15) is 5.82 Å². The summed E-state index contributed by atoms with van der Waals surface area (Å²) in [6.07, 6.45) is 2.62. The molecular weight excluding hydrogens is 227 g/mol. The molecule has 1 saturated heterocycles. The smallest absolute Gasteiger partial charge is 0.123 e. The van der Waals surface area contributed by atoms with E-state index >= 15 is 0 Å². The van der Waals surface area contributed by atoms with E-state index in [4.69, 9.17) is 0 Å². The molecule has 1 aromatic carbocycles. The van der Waals surface area contributed by atoms with Gasteiger partial charge in [-0.15, -0.1) is 0 Å². The quantitative estimate of drug-likeness (QED) is 0.881. The first kappa shape index (κ1) is 13.3. The van der Waals surface area contributed by atoms with E-state index in [9.17, 15) is 4.39 Å². The summed E-state index contributed by atoms with van der Waals surface area (Å²) in [5.74, 6) is -0.182. The molecule has 0 amide bonds. The van der Waals surface area contributed by atoms with Crippen molar-refractivity contribution in [2.24, 2.45) is 5.41 Å². The molecule has 1 aliphatic heterocycles. The SMILES string of the molecule is CC1(C)CCCN(CCNc2ccc(F)cc2)C1. The molecule has 18 heavy (non-hydrogen) atoms. The molecule has 3 heteroatoms. The second kappa shape index (κ2) is 5.70. The fourth-order valence-electron chi connectivity index (χ4n) is 2.66. The molecule has 0 unspecified atom stereocenters. The largest absolute Gasteiger partial charge is 0.384 e. The lowest BCUT2D eigenvalue weighted by Crippen LogP contribution is -2.42. The molecule has 1 heterocycles. The molecule has 0 radical (unpaired) electrons. The maximum atomic E-state index is 12.7. The van der Waals surface area contributed by atoms with Crippen LogP contribution in [-0.4, -0.2) is 31.1 Å². The Kier molecular flexibility index (Phi) is 4.23. The van der Waals surface area contributed by atoms with Gasteiger partial charge in [-0.1, -0.05) is 13.8 Å². The van der Waals surface area contributed by atoms with Crippen molar-refractivity contribution in [1.29, 1.82) is 0 Å². The van der Waals surface area contributed by atoms with Crippen LogP contribution in [0.3, 0.4) is 0 Å². The number of benzene rings is 1. The van der Waals surface area contributed by atoms with Crippen LogP contribution in [-0.2, 0) is 0 Å². The fraction of sp³-hybridized carbons (Fsp3) is 0.600. The van der Waals surface area contributed by atoms with Crippen molar-refractivity contribution in [3.63, 3.8) is 0 Å². The van der Waals surface area contributed by atoms with Crippen molar-refractivity contribution in [3.8, 4) is 0 Å². The highest BCUT2D eigenvalue weighted by atomic mass is 19.1. The van der Waals surface area contributed by atoms with Gasteiger partial charge in [0.05, 0.1) is 0 Å². The summed E-state index contributed by atoms with van der Waals surface area (Å²) < 4.78 is 12.7. The van der Waals surface area contributed by atoms with Crippen molar-refractivity contribution in [1.82, 2.24) is 4.90 Å². The third kappa shape index (κ3) is 3.98. The zero-order valence-corrected chi connectivity index (χ0v) is 11.4. The molecule has 2 rings (SSSR count). The van der Waals surface area contributed by atoms with Gasteiger partial charge in [-0.2, -0.15) is 0 Å². The van der Waals surface area contributed by atoms with E-state index < -0.39 is 0 Å². The summed E-state index contributed by atoms with van der Waals surface area (Å²) in [5.41, 5.74) is 1.45. The van der Waals surface area contributed by atoms with Crippen LogP contribution in [0.1, 0.15) is 26.7 Å². The number of likely N-dealkylation sites (tertiary alicyclic amines) is 1. The van der Waals surface area contributed by atoms with E-state index in [1.807, 2.05) is 0 Å². The van der Waals surface area contributed by atoms with Crippen molar-refractivity contribution in [2.45, 2.75) is 26.7 Å². The molecule has 100 valence electrons. The lowest BCUT2D eigenvalue weighted by atomic mass is 9.84. The number of piperidine rings is 1. The van der Waals surface area contributed by atoms with Gasteiger partial charge in [0.2, 0.25) is 0 Å². The zero-order chi connectivity index (χ0) is 13.0. The Labute approximate surface area is 109 Å². The number of nitrogens with zero attached hydrogens (tertiary/aromatic N) is 1. The van der Waals surface area contributed by atoms with E-state index in [0.29, 0.717) is 5.41 Å². The molecule has 1 N–H and O–H groups in total. The normalized spacial score (nSPS) is 19.7. The monoisotopic (exact) mass is 250 g/mol. The van der Waals surface area contributed by atoms with E-state index in [-0.39, 0.29) is 5.82 Å². The van der Waals surface area contributed by atoms with Crippen LogP contribution < -0.4 is 5.32 Å². The van der Waals surface area contributed by atoms with Gasteiger partial charge in [-0.25, -0.2) is 4.39 Å².